The number of hydrogen-bond donors (Lipinski definition) is 5. The van der Waals surface area contributed by atoms with Gasteiger partial charge in [0.05, 0.1) is 22.5 Å². The highest BCUT2D eigenvalue weighted by atomic mass is 33.1. The highest BCUT2D eigenvalue weighted by Gasteiger charge is 2.22. The van der Waals surface area contributed by atoms with Crippen LogP contribution in [-0.2, 0) is 0 Å². The van der Waals surface area contributed by atoms with Gasteiger partial charge in [-0.1, -0.05) is 39.8 Å². The van der Waals surface area contributed by atoms with Crippen molar-refractivity contribution in [1.82, 2.24) is 10.6 Å². The van der Waals surface area contributed by atoms with Crippen LogP contribution >= 0.6 is 33.8 Å². The number of amides is 1. The summed E-state index contributed by atoms with van der Waals surface area (Å²) in [5.41, 5.74) is 4.74. The molecule has 55 heavy (non-hydrogen) atoms. The molecule has 12 nitrogen and oxygen atoms in total. The smallest absolute Gasteiger partial charge is 0.336 e. The summed E-state index contributed by atoms with van der Waals surface area (Å²) in [6, 6.07) is 28.6. The fourth-order valence-electron chi connectivity index (χ4n) is 5.65. The Bertz CT molecular complexity index is 2420. The van der Waals surface area contributed by atoms with E-state index in [4.69, 9.17) is 16.6 Å². The topological polar surface area (TPSA) is 169 Å². The number of azo groups is 1. The Kier molecular flexibility index (Phi) is 12.7. The van der Waals surface area contributed by atoms with Crippen molar-refractivity contribution in [3.8, 4) is 28.2 Å². The highest BCUT2D eigenvalue weighted by Crippen LogP contribution is 2.42. The lowest BCUT2D eigenvalue weighted by Gasteiger charge is -2.18. The van der Waals surface area contributed by atoms with E-state index in [-0.39, 0.29) is 28.4 Å². The molecule has 0 fully saturated rings. The number of carbonyl (C=O) groups excluding carboxylic acids is 1. The Morgan fingerprint density at radius 2 is 1.55 bits per heavy atom. The minimum absolute atomic E-state index is 0.0128. The summed E-state index contributed by atoms with van der Waals surface area (Å²) in [5, 5.41) is 39.0. The van der Waals surface area contributed by atoms with E-state index >= 15 is 0 Å². The molecule has 0 unspecified atom stereocenters. The van der Waals surface area contributed by atoms with Gasteiger partial charge in [0.2, 0.25) is 0 Å². The van der Waals surface area contributed by atoms with Crippen molar-refractivity contribution < 1.29 is 24.2 Å². The summed E-state index contributed by atoms with van der Waals surface area (Å²) in [7, 11) is 7.18. The number of anilines is 2. The van der Waals surface area contributed by atoms with Gasteiger partial charge < -0.3 is 35.5 Å². The Balaban J connectivity index is 0.976. The molecule has 0 aromatic heterocycles. The average molecular weight is 793 g/mol. The average Bonchev–Trinajstić information content (AvgIpc) is 3.17. The molecule has 4 aromatic rings. The fraction of sp³-hybridized carbons (Fsp3) is 0.150. The van der Waals surface area contributed by atoms with Crippen molar-refractivity contribution >= 4 is 84.5 Å². The van der Waals surface area contributed by atoms with Crippen LogP contribution in [0.4, 0.5) is 22.7 Å². The molecular weight excluding hydrogens is 757 g/mol. The Hall–Kier alpha value is -5.90. The number of hydrogen-bond acceptors (Lipinski definition) is 11. The van der Waals surface area contributed by atoms with Crippen LogP contribution in [0, 0.1) is 0 Å². The van der Waals surface area contributed by atoms with Crippen molar-refractivity contribution in [3.63, 3.8) is 0 Å². The summed E-state index contributed by atoms with van der Waals surface area (Å²) in [5.74, 6) is 0.274. The number of nitrogens with one attached hydrogen (secondary N) is 3. The van der Waals surface area contributed by atoms with Crippen molar-refractivity contribution in [2.24, 2.45) is 10.2 Å². The molecular formula is C40H36N6O6S3. The van der Waals surface area contributed by atoms with Crippen LogP contribution in [0.3, 0.4) is 0 Å². The molecule has 5 N–H and O–H groups in total. The summed E-state index contributed by atoms with van der Waals surface area (Å²) in [4.78, 5) is 39.5. The summed E-state index contributed by atoms with van der Waals surface area (Å²) in [6.07, 6.45) is 0. The number of rotatable bonds is 14. The number of nitrogens with zero attached hydrogens (tertiary/aromatic N) is 3. The van der Waals surface area contributed by atoms with Crippen LogP contribution in [0.25, 0.3) is 33.4 Å². The van der Waals surface area contributed by atoms with Crippen molar-refractivity contribution in [1.29, 1.82) is 0 Å². The standard InChI is InChI=1S/C40H36N6O6S3/c1-46(2)26-10-7-24(8-11-26)44-45-34-6-4-3-5-30(34)38(49)41-17-19-54-55-20-18-42-40(53)43-25-9-14-29(33(21-25)39(50)51)37-31-15-12-27(47)22-35(31)52-36-23-28(48)13-16-32(36)37/h3-16,21-23,47H,17-20H2,1-2H3,(H,41,49)(H,50,51)(H2,42,43,53). The number of thiocarbonyl (C=S) groups is 1. The monoisotopic (exact) mass is 792 g/mol. The quantitative estimate of drug-likeness (QED) is 0.0235. The first kappa shape index (κ1) is 38.8. The number of phenolic OH excluding ortho intramolecular Hbond substituents is 1. The van der Waals surface area contributed by atoms with Crippen LogP contribution < -0.4 is 26.3 Å². The second kappa shape index (κ2) is 18.0. The van der Waals surface area contributed by atoms with Gasteiger partial charge in [0.15, 0.2) is 10.5 Å². The number of aromatic hydroxyl groups is 1. The molecule has 4 aromatic carbocycles. The lowest BCUT2D eigenvalue weighted by molar-refractivity contribution is 0.0697. The first-order valence-electron chi connectivity index (χ1n) is 17.0. The SMILES string of the molecule is CN(C)c1ccc(N=Nc2ccccc2C(=O)NCCSSCCNC(=S)Nc2ccc(-c3c4ccc(=O)cc-4oc4cc(O)ccc34)c(C(=O)O)c2)cc1. The van der Waals surface area contributed by atoms with Crippen molar-refractivity contribution in [2.75, 3.05) is 48.9 Å². The van der Waals surface area contributed by atoms with Gasteiger partial charge in [-0.05, 0) is 90.6 Å². The van der Waals surface area contributed by atoms with E-state index in [1.165, 1.54) is 30.3 Å². The van der Waals surface area contributed by atoms with E-state index in [1.54, 1.807) is 64.1 Å². The molecule has 280 valence electrons. The number of phenols is 1. The Morgan fingerprint density at radius 1 is 0.818 bits per heavy atom. The second-order valence-electron chi connectivity index (χ2n) is 12.3. The number of benzene rings is 5. The molecule has 0 spiro atoms. The third-order valence-corrected chi connectivity index (χ3v) is 10.9. The molecule has 1 heterocycles. The zero-order chi connectivity index (χ0) is 38.9. The van der Waals surface area contributed by atoms with Gasteiger partial charge in [0, 0.05) is 78.7 Å². The second-order valence-corrected chi connectivity index (χ2v) is 15.4. The van der Waals surface area contributed by atoms with Gasteiger partial charge in [0.25, 0.3) is 5.91 Å². The first-order chi connectivity index (χ1) is 26.6. The van der Waals surface area contributed by atoms with Crippen LogP contribution in [0.2, 0.25) is 0 Å². The van der Waals surface area contributed by atoms with E-state index in [1.807, 2.05) is 49.3 Å². The molecule has 6 rings (SSSR count). The van der Waals surface area contributed by atoms with E-state index in [2.05, 4.69) is 26.2 Å². The maximum absolute atomic E-state index is 12.9. The van der Waals surface area contributed by atoms with Gasteiger partial charge in [-0.15, -0.1) is 5.11 Å². The minimum Gasteiger partial charge on any atom is -0.508 e. The maximum atomic E-state index is 12.9. The molecule has 15 heteroatoms. The molecule has 0 bridgehead atoms. The van der Waals surface area contributed by atoms with Crippen molar-refractivity contribution in [3.05, 3.63) is 124 Å². The van der Waals surface area contributed by atoms with E-state index < -0.39 is 5.97 Å². The molecule has 0 radical (unpaired) electrons. The molecule has 2 aliphatic rings. The van der Waals surface area contributed by atoms with Gasteiger partial charge in [0.1, 0.15) is 17.1 Å². The highest BCUT2D eigenvalue weighted by molar-refractivity contribution is 8.76. The molecule has 0 saturated carbocycles. The maximum Gasteiger partial charge on any atom is 0.336 e. The number of carbonyl (C=O) groups is 2. The van der Waals surface area contributed by atoms with Gasteiger partial charge in [-0.3, -0.25) is 9.59 Å². The van der Waals surface area contributed by atoms with Crippen LogP contribution in [-0.4, -0.2) is 65.9 Å². The largest absolute Gasteiger partial charge is 0.508 e. The van der Waals surface area contributed by atoms with E-state index in [0.717, 1.165) is 11.4 Å². The number of carboxylic acids is 1. The van der Waals surface area contributed by atoms with E-state index in [9.17, 15) is 24.6 Å². The zero-order valence-corrected chi connectivity index (χ0v) is 32.2. The molecule has 0 atom stereocenters. The normalized spacial score (nSPS) is 11.2. The van der Waals surface area contributed by atoms with Crippen molar-refractivity contribution in [2.45, 2.75) is 0 Å². The number of carboxylic acid groups (broad SMARTS) is 1. The van der Waals surface area contributed by atoms with Crippen LogP contribution in [0.1, 0.15) is 20.7 Å². The van der Waals surface area contributed by atoms with Crippen LogP contribution in [0.5, 0.6) is 5.75 Å². The Morgan fingerprint density at radius 3 is 2.29 bits per heavy atom. The molecule has 1 aliphatic heterocycles. The minimum atomic E-state index is -1.15. The van der Waals surface area contributed by atoms with E-state index in [0.29, 0.717) is 74.2 Å². The summed E-state index contributed by atoms with van der Waals surface area (Å²) >= 11 is 5.47. The fourth-order valence-corrected chi connectivity index (χ4v) is 7.68. The third-order valence-electron chi connectivity index (χ3n) is 8.27. The lowest BCUT2D eigenvalue weighted by Crippen LogP contribution is -2.30. The molecule has 1 amide bonds. The van der Waals surface area contributed by atoms with Gasteiger partial charge >= 0.3 is 5.97 Å². The van der Waals surface area contributed by atoms with Gasteiger partial charge in [-0.2, -0.15) is 5.11 Å². The third kappa shape index (κ3) is 9.81. The molecule has 1 aliphatic carbocycles. The summed E-state index contributed by atoms with van der Waals surface area (Å²) in [6.45, 7) is 1.02. The Labute approximate surface area is 329 Å². The molecule has 0 saturated heterocycles. The number of aromatic carboxylic acids is 1. The zero-order valence-electron chi connectivity index (χ0n) is 29.7. The summed E-state index contributed by atoms with van der Waals surface area (Å²) < 4.78 is 5.91. The predicted octanol–water partition coefficient (Wildman–Crippen LogP) is 8.55. The first-order valence-corrected chi connectivity index (χ1v) is 19.9. The number of fused-ring (bicyclic) bond motifs is 2. The van der Waals surface area contributed by atoms with Crippen LogP contribution in [0.15, 0.2) is 123 Å². The lowest BCUT2D eigenvalue weighted by atomic mass is 9.90. The van der Waals surface area contributed by atoms with Gasteiger partial charge in [-0.25, -0.2) is 4.79 Å². The predicted molar refractivity (Wildman–Crippen MR) is 226 cm³/mol.